The summed E-state index contributed by atoms with van der Waals surface area (Å²) in [5.41, 5.74) is 1.69. The lowest BCUT2D eigenvalue weighted by molar-refractivity contribution is -0.144. The number of para-hydroxylation sites is 1. The van der Waals surface area contributed by atoms with E-state index < -0.39 is 23.6 Å². The van der Waals surface area contributed by atoms with Gasteiger partial charge in [0.15, 0.2) is 11.5 Å². The van der Waals surface area contributed by atoms with Gasteiger partial charge >= 0.3 is 11.9 Å². The molecule has 11 heteroatoms. The number of fused-ring (bicyclic) bond motifs is 1. The Hall–Kier alpha value is -3.34. The highest BCUT2D eigenvalue weighted by Gasteiger charge is 2.40. The summed E-state index contributed by atoms with van der Waals surface area (Å²) in [6.45, 7) is 10.3. The normalized spacial score (nSPS) is 18.4. The molecule has 0 bridgehead atoms. The third-order valence-electron chi connectivity index (χ3n) is 11.9. The van der Waals surface area contributed by atoms with Gasteiger partial charge in [-0.1, -0.05) is 115 Å². The quantitative estimate of drug-likeness (QED) is 0.0772. The molecule has 2 aromatic carbocycles. The number of carboxylic acids is 1. The summed E-state index contributed by atoms with van der Waals surface area (Å²) in [6.07, 6.45) is 17.3. The minimum atomic E-state index is -0.706. The zero-order valence-electron chi connectivity index (χ0n) is 36.2. The molecule has 3 atom stereocenters. The number of ether oxygens (including phenoxy) is 4. The summed E-state index contributed by atoms with van der Waals surface area (Å²) in [4.78, 5) is 41.6. The van der Waals surface area contributed by atoms with E-state index in [1.165, 1.54) is 71.1 Å². The number of nitrogens with zero attached hydrogens (tertiary/aromatic N) is 2. The van der Waals surface area contributed by atoms with Crippen molar-refractivity contribution >= 4 is 35.1 Å². The second-order valence-corrected chi connectivity index (χ2v) is 17.8. The van der Waals surface area contributed by atoms with E-state index in [9.17, 15) is 14.4 Å². The summed E-state index contributed by atoms with van der Waals surface area (Å²) in [5.74, 6) is 0.335. The molecule has 58 heavy (non-hydrogen) atoms. The number of hydrogen-bond donors (Lipinski definition) is 1. The topological polar surface area (TPSA) is 115 Å². The maximum Gasteiger partial charge on any atom is 0.303 e. The van der Waals surface area contributed by atoms with Crippen LogP contribution in [0.4, 0.5) is 5.69 Å². The summed E-state index contributed by atoms with van der Waals surface area (Å²) >= 11 is 6.61. The van der Waals surface area contributed by atoms with Gasteiger partial charge in [0.2, 0.25) is 0 Å². The van der Waals surface area contributed by atoms with Crippen LogP contribution in [0.2, 0.25) is 5.02 Å². The van der Waals surface area contributed by atoms with Crippen LogP contribution < -0.4 is 14.4 Å². The van der Waals surface area contributed by atoms with Crippen molar-refractivity contribution in [3.05, 3.63) is 52.5 Å². The molecule has 0 aromatic heterocycles. The van der Waals surface area contributed by atoms with Crippen LogP contribution in [0, 0.1) is 11.3 Å². The molecule has 0 radical (unpaired) electrons. The number of methoxy groups -OCH3 is 2. The van der Waals surface area contributed by atoms with Crippen LogP contribution >= 0.6 is 11.6 Å². The fourth-order valence-corrected chi connectivity index (χ4v) is 8.80. The largest absolute Gasteiger partial charge is 0.493 e. The number of piperidine rings is 1. The Kier molecular flexibility index (Phi) is 19.6. The molecular weight excluding hydrogens is 756 g/mol. The number of esters is 1. The van der Waals surface area contributed by atoms with Gasteiger partial charge in [-0.25, -0.2) is 0 Å². The average molecular weight is 828 g/mol. The number of carboxylic acid groups (broad SMARTS) is 1. The lowest BCUT2D eigenvalue weighted by Gasteiger charge is -2.35. The zero-order chi connectivity index (χ0) is 42.1. The van der Waals surface area contributed by atoms with Crippen molar-refractivity contribution in [3.8, 4) is 11.5 Å². The van der Waals surface area contributed by atoms with Crippen molar-refractivity contribution in [1.29, 1.82) is 0 Å². The molecule has 2 aliphatic rings. The van der Waals surface area contributed by atoms with Gasteiger partial charge in [-0.3, -0.25) is 14.4 Å². The fourth-order valence-electron chi connectivity index (χ4n) is 8.62. The molecule has 1 N–H and O–H groups in total. The number of hydrogen-bond acceptors (Lipinski definition) is 8. The minimum Gasteiger partial charge on any atom is -0.493 e. The summed E-state index contributed by atoms with van der Waals surface area (Å²) in [6, 6.07) is 11.8. The SMILES string of the molecule is COc1cccc([C@H]2O[C@H](CCCCCCCCCCCCCCC(C)N3CCC(CC(=O)O)CC3)C(=O)N(CC(C)(C)COC(C)=O)c3ccc(Cl)cc32)c1OC. The van der Waals surface area contributed by atoms with Crippen molar-refractivity contribution in [2.75, 3.05) is 45.4 Å². The second-order valence-electron chi connectivity index (χ2n) is 17.4. The van der Waals surface area contributed by atoms with Crippen molar-refractivity contribution in [2.24, 2.45) is 11.3 Å². The maximum atomic E-state index is 14.5. The average Bonchev–Trinajstić information content (AvgIpc) is 3.30. The van der Waals surface area contributed by atoms with Gasteiger partial charge in [-0.2, -0.15) is 0 Å². The zero-order valence-corrected chi connectivity index (χ0v) is 37.0. The maximum absolute atomic E-state index is 14.5. The number of rotatable bonds is 25. The molecule has 324 valence electrons. The molecular formula is C47H71ClN2O8. The highest BCUT2D eigenvalue weighted by Crippen LogP contribution is 2.46. The number of halogens is 1. The third-order valence-corrected chi connectivity index (χ3v) is 12.2. The van der Waals surface area contributed by atoms with Gasteiger partial charge in [0.25, 0.3) is 5.91 Å². The third kappa shape index (κ3) is 14.7. The Morgan fingerprint density at radius 1 is 0.897 bits per heavy atom. The van der Waals surface area contributed by atoms with Gasteiger partial charge in [-0.15, -0.1) is 0 Å². The van der Waals surface area contributed by atoms with Crippen molar-refractivity contribution < 1.29 is 38.4 Å². The fraction of sp³-hybridized carbons (Fsp3) is 0.681. The monoisotopic (exact) mass is 826 g/mol. The van der Waals surface area contributed by atoms with Gasteiger partial charge in [0, 0.05) is 53.2 Å². The van der Waals surface area contributed by atoms with E-state index in [0.29, 0.717) is 53.6 Å². The first-order chi connectivity index (χ1) is 27.8. The van der Waals surface area contributed by atoms with Crippen LogP contribution in [-0.4, -0.2) is 80.5 Å². The van der Waals surface area contributed by atoms with Crippen LogP contribution in [0.15, 0.2) is 36.4 Å². The number of carbonyl (C=O) groups excluding carboxylic acids is 2. The van der Waals surface area contributed by atoms with Gasteiger partial charge in [-0.05, 0) is 75.9 Å². The summed E-state index contributed by atoms with van der Waals surface area (Å²) in [7, 11) is 3.21. The highest BCUT2D eigenvalue weighted by atomic mass is 35.5. The molecule has 2 heterocycles. The van der Waals surface area contributed by atoms with E-state index in [2.05, 4.69) is 11.8 Å². The molecule has 0 saturated carbocycles. The summed E-state index contributed by atoms with van der Waals surface area (Å²) < 4.78 is 23.7. The van der Waals surface area contributed by atoms with Gasteiger partial charge in [0.1, 0.15) is 12.2 Å². The first kappa shape index (κ1) is 47.3. The van der Waals surface area contributed by atoms with E-state index in [0.717, 1.165) is 56.3 Å². The molecule has 1 saturated heterocycles. The lowest BCUT2D eigenvalue weighted by atomic mass is 9.92. The molecule has 1 unspecified atom stereocenters. The number of aliphatic carboxylic acids is 1. The van der Waals surface area contributed by atoms with Crippen molar-refractivity contribution in [2.45, 2.75) is 155 Å². The van der Waals surface area contributed by atoms with Gasteiger partial charge < -0.3 is 33.9 Å². The van der Waals surface area contributed by atoms with Crippen LogP contribution in [0.1, 0.15) is 154 Å². The van der Waals surface area contributed by atoms with Crippen LogP contribution in [0.25, 0.3) is 0 Å². The molecule has 0 aliphatic carbocycles. The predicted molar refractivity (Wildman–Crippen MR) is 231 cm³/mol. The second kappa shape index (κ2) is 24.0. The number of carbonyl (C=O) groups is 3. The van der Waals surface area contributed by atoms with Crippen LogP contribution in [0.5, 0.6) is 11.5 Å². The Labute approximate surface area is 353 Å². The molecule has 10 nitrogen and oxygen atoms in total. The van der Waals surface area contributed by atoms with Crippen LogP contribution in [-0.2, 0) is 23.9 Å². The summed E-state index contributed by atoms with van der Waals surface area (Å²) in [5, 5.41) is 9.60. The first-order valence-electron chi connectivity index (χ1n) is 21.9. The molecule has 1 fully saturated rings. The Bertz CT molecular complexity index is 1590. The standard InChI is InChI=1S/C47H71ClN2O8/c1-34(49-28-26-36(27-29-49)30-43(52)53)20-17-15-13-11-9-7-8-10-12-14-16-18-22-42-46(54)50(32-47(3,4)33-57-35(2)51)40-25-24-37(48)31-39(40)44(58-42)38-21-19-23-41(55-5)45(38)56-6/h19,21,23-25,31,34,36,42,44H,7-18,20,22,26-30,32-33H2,1-6H3,(H,52,53)/t34?,42-,44-/m1/s1. The number of unbranched alkanes of at least 4 members (excludes halogenated alkanes) is 11. The molecule has 2 aliphatic heterocycles. The highest BCUT2D eigenvalue weighted by molar-refractivity contribution is 6.30. The first-order valence-corrected chi connectivity index (χ1v) is 22.3. The van der Waals surface area contributed by atoms with Crippen molar-refractivity contribution in [3.63, 3.8) is 0 Å². The smallest absolute Gasteiger partial charge is 0.303 e. The predicted octanol–water partition coefficient (Wildman–Crippen LogP) is 10.8. The molecule has 0 spiro atoms. The molecule has 2 aromatic rings. The van der Waals surface area contributed by atoms with E-state index in [1.54, 1.807) is 25.2 Å². The van der Waals surface area contributed by atoms with E-state index >= 15 is 0 Å². The van der Waals surface area contributed by atoms with E-state index in [-0.39, 0.29) is 18.5 Å². The minimum absolute atomic E-state index is 0.118. The number of anilines is 1. The Morgan fingerprint density at radius 3 is 2.10 bits per heavy atom. The van der Waals surface area contributed by atoms with E-state index in [4.69, 9.17) is 35.7 Å². The molecule has 1 amide bonds. The van der Waals surface area contributed by atoms with Gasteiger partial charge in [0.05, 0.1) is 20.8 Å². The Balaban J connectivity index is 1.23. The molecule has 4 rings (SSSR count). The van der Waals surface area contributed by atoms with Crippen LogP contribution in [0.3, 0.4) is 0 Å². The van der Waals surface area contributed by atoms with E-state index in [1.807, 2.05) is 44.2 Å². The lowest BCUT2D eigenvalue weighted by Crippen LogP contribution is -2.45. The van der Waals surface area contributed by atoms with Crippen molar-refractivity contribution in [1.82, 2.24) is 4.90 Å². The Morgan fingerprint density at radius 2 is 1.52 bits per heavy atom. The number of amides is 1. The number of likely N-dealkylation sites (tertiary alicyclic amines) is 1. The number of benzene rings is 2.